The highest BCUT2D eigenvalue weighted by atomic mass is 16.5. The molecule has 0 spiro atoms. The van der Waals surface area contributed by atoms with Gasteiger partial charge in [0.1, 0.15) is 0 Å². The molecular formula is C20H25N3O4. The molecule has 1 unspecified atom stereocenters. The Kier molecular flexibility index (Phi) is 7.05. The SMILES string of the molecule is COc1cc(C(=O)NNC(=O)NC(C)c2ccccc2)ccc1OC(C)C. The number of carbonyl (C=O) groups excluding carboxylic acids is 2. The minimum absolute atomic E-state index is 0.0180. The molecule has 0 radical (unpaired) electrons. The summed E-state index contributed by atoms with van der Waals surface area (Å²) in [5, 5.41) is 2.75. The van der Waals surface area contributed by atoms with Gasteiger partial charge in [-0.1, -0.05) is 30.3 Å². The zero-order valence-electron chi connectivity index (χ0n) is 15.9. The minimum Gasteiger partial charge on any atom is -0.493 e. The number of hydrazine groups is 1. The summed E-state index contributed by atoms with van der Waals surface area (Å²) in [6.45, 7) is 5.66. The molecule has 7 heteroatoms. The third kappa shape index (κ3) is 5.91. The minimum atomic E-state index is -0.508. The van der Waals surface area contributed by atoms with Crippen molar-refractivity contribution in [1.29, 1.82) is 0 Å². The molecule has 7 nitrogen and oxygen atoms in total. The van der Waals surface area contributed by atoms with E-state index in [1.807, 2.05) is 51.1 Å². The molecule has 0 saturated heterocycles. The number of amides is 3. The second kappa shape index (κ2) is 9.47. The number of urea groups is 1. The predicted octanol–water partition coefficient (Wildman–Crippen LogP) is 3.19. The van der Waals surface area contributed by atoms with Crippen molar-refractivity contribution in [2.24, 2.45) is 0 Å². The molecular weight excluding hydrogens is 346 g/mol. The fourth-order valence-electron chi connectivity index (χ4n) is 2.40. The quantitative estimate of drug-likeness (QED) is 0.681. The summed E-state index contributed by atoms with van der Waals surface area (Å²) in [4.78, 5) is 24.2. The van der Waals surface area contributed by atoms with Crippen LogP contribution in [-0.4, -0.2) is 25.2 Å². The first-order valence-electron chi connectivity index (χ1n) is 8.67. The van der Waals surface area contributed by atoms with Crippen molar-refractivity contribution in [3.63, 3.8) is 0 Å². The highest BCUT2D eigenvalue weighted by Crippen LogP contribution is 2.28. The Morgan fingerprint density at radius 1 is 0.926 bits per heavy atom. The zero-order chi connectivity index (χ0) is 19.8. The lowest BCUT2D eigenvalue weighted by Crippen LogP contribution is -2.47. The van der Waals surface area contributed by atoms with Gasteiger partial charge in [-0.05, 0) is 44.5 Å². The van der Waals surface area contributed by atoms with Gasteiger partial charge in [-0.25, -0.2) is 10.2 Å². The average Bonchev–Trinajstić information content (AvgIpc) is 2.66. The first kappa shape index (κ1) is 20.1. The number of nitrogens with one attached hydrogen (secondary N) is 3. The Morgan fingerprint density at radius 3 is 2.26 bits per heavy atom. The van der Waals surface area contributed by atoms with Gasteiger partial charge >= 0.3 is 6.03 Å². The van der Waals surface area contributed by atoms with Gasteiger partial charge in [0.25, 0.3) is 5.91 Å². The van der Waals surface area contributed by atoms with Crippen LogP contribution < -0.4 is 25.6 Å². The third-order valence-electron chi connectivity index (χ3n) is 3.73. The maximum atomic E-state index is 12.3. The lowest BCUT2D eigenvalue weighted by Gasteiger charge is -2.16. The van der Waals surface area contributed by atoms with E-state index in [1.54, 1.807) is 18.2 Å². The smallest absolute Gasteiger partial charge is 0.333 e. The van der Waals surface area contributed by atoms with Gasteiger partial charge in [0.15, 0.2) is 11.5 Å². The number of hydrogen-bond acceptors (Lipinski definition) is 4. The first-order valence-corrected chi connectivity index (χ1v) is 8.67. The second-order valence-electron chi connectivity index (χ2n) is 6.22. The Balaban J connectivity index is 1.92. The van der Waals surface area contributed by atoms with E-state index >= 15 is 0 Å². The van der Waals surface area contributed by atoms with Crippen LogP contribution in [0.5, 0.6) is 11.5 Å². The summed E-state index contributed by atoms with van der Waals surface area (Å²) in [6.07, 6.45) is -0.0180. The molecule has 2 aromatic rings. The molecule has 0 fully saturated rings. The fourth-order valence-corrected chi connectivity index (χ4v) is 2.40. The second-order valence-corrected chi connectivity index (χ2v) is 6.22. The Morgan fingerprint density at radius 2 is 1.63 bits per heavy atom. The number of hydrogen-bond donors (Lipinski definition) is 3. The molecule has 0 aliphatic carbocycles. The monoisotopic (exact) mass is 371 g/mol. The van der Waals surface area contributed by atoms with Crippen LogP contribution in [0.1, 0.15) is 42.7 Å². The molecule has 0 aromatic heterocycles. The van der Waals surface area contributed by atoms with E-state index in [4.69, 9.17) is 9.47 Å². The normalized spacial score (nSPS) is 11.4. The lowest BCUT2D eigenvalue weighted by molar-refractivity contribution is 0.0935. The van der Waals surface area contributed by atoms with Gasteiger partial charge < -0.3 is 14.8 Å². The van der Waals surface area contributed by atoms with E-state index in [1.165, 1.54) is 7.11 Å². The molecule has 27 heavy (non-hydrogen) atoms. The molecule has 3 amide bonds. The van der Waals surface area contributed by atoms with Crippen LogP contribution >= 0.6 is 0 Å². The van der Waals surface area contributed by atoms with E-state index in [2.05, 4.69) is 16.2 Å². The zero-order valence-corrected chi connectivity index (χ0v) is 15.9. The van der Waals surface area contributed by atoms with Crippen LogP contribution in [0.15, 0.2) is 48.5 Å². The Labute approximate surface area is 159 Å². The van der Waals surface area contributed by atoms with E-state index in [0.717, 1.165) is 5.56 Å². The number of methoxy groups -OCH3 is 1. The van der Waals surface area contributed by atoms with Crippen molar-refractivity contribution in [2.45, 2.75) is 32.9 Å². The molecule has 0 aliphatic heterocycles. The molecule has 0 saturated carbocycles. The van der Waals surface area contributed by atoms with Crippen LogP contribution in [0.3, 0.4) is 0 Å². The van der Waals surface area contributed by atoms with Crippen molar-refractivity contribution in [1.82, 2.24) is 16.2 Å². The van der Waals surface area contributed by atoms with Crippen LogP contribution in [0.2, 0.25) is 0 Å². The molecule has 3 N–H and O–H groups in total. The predicted molar refractivity (Wildman–Crippen MR) is 103 cm³/mol. The standard InChI is InChI=1S/C20H25N3O4/c1-13(2)27-17-11-10-16(12-18(17)26-4)19(24)22-23-20(25)21-14(3)15-8-6-5-7-9-15/h5-14H,1-4H3,(H,22,24)(H2,21,23,25). The van der Waals surface area contributed by atoms with Crippen molar-refractivity contribution < 1.29 is 19.1 Å². The summed E-state index contributed by atoms with van der Waals surface area (Å²) in [7, 11) is 1.50. The van der Waals surface area contributed by atoms with Crippen molar-refractivity contribution >= 4 is 11.9 Å². The lowest BCUT2D eigenvalue weighted by atomic mass is 10.1. The third-order valence-corrected chi connectivity index (χ3v) is 3.73. The number of ether oxygens (including phenoxy) is 2. The van der Waals surface area contributed by atoms with Crippen molar-refractivity contribution in [3.05, 3.63) is 59.7 Å². The molecule has 1 atom stereocenters. The van der Waals surface area contributed by atoms with Gasteiger partial charge in [-0.2, -0.15) is 0 Å². The highest BCUT2D eigenvalue weighted by molar-refractivity contribution is 5.95. The molecule has 0 aliphatic rings. The molecule has 2 aromatic carbocycles. The Hall–Kier alpha value is -3.22. The fraction of sp³-hybridized carbons (Fsp3) is 0.300. The van der Waals surface area contributed by atoms with Gasteiger partial charge in [0, 0.05) is 5.56 Å². The maximum absolute atomic E-state index is 12.3. The highest BCUT2D eigenvalue weighted by Gasteiger charge is 2.14. The summed E-state index contributed by atoms with van der Waals surface area (Å²) < 4.78 is 10.9. The van der Waals surface area contributed by atoms with E-state index < -0.39 is 11.9 Å². The average molecular weight is 371 g/mol. The van der Waals surface area contributed by atoms with Gasteiger partial charge in [-0.3, -0.25) is 10.2 Å². The van der Waals surface area contributed by atoms with Gasteiger partial charge in [-0.15, -0.1) is 0 Å². The molecule has 2 rings (SSSR count). The number of rotatable bonds is 6. The Bertz CT molecular complexity index is 778. The van der Waals surface area contributed by atoms with E-state index in [0.29, 0.717) is 17.1 Å². The number of benzene rings is 2. The largest absolute Gasteiger partial charge is 0.493 e. The van der Waals surface area contributed by atoms with E-state index in [-0.39, 0.29) is 12.1 Å². The van der Waals surface area contributed by atoms with Gasteiger partial charge in [0.05, 0.1) is 19.3 Å². The number of carbonyl (C=O) groups is 2. The molecule has 0 bridgehead atoms. The van der Waals surface area contributed by atoms with Crippen LogP contribution in [0.25, 0.3) is 0 Å². The first-order chi connectivity index (χ1) is 12.9. The summed E-state index contributed by atoms with van der Waals surface area (Å²) in [5.74, 6) is 0.525. The van der Waals surface area contributed by atoms with Crippen molar-refractivity contribution in [3.8, 4) is 11.5 Å². The van der Waals surface area contributed by atoms with Crippen LogP contribution in [-0.2, 0) is 0 Å². The van der Waals surface area contributed by atoms with Gasteiger partial charge in [0.2, 0.25) is 0 Å². The topological polar surface area (TPSA) is 88.7 Å². The summed E-state index contributed by atoms with van der Waals surface area (Å²) in [5.41, 5.74) is 6.01. The van der Waals surface area contributed by atoms with Crippen LogP contribution in [0, 0.1) is 0 Å². The summed E-state index contributed by atoms with van der Waals surface area (Å²) in [6, 6.07) is 13.6. The van der Waals surface area contributed by atoms with E-state index in [9.17, 15) is 9.59 Å². The van der Waals surface area contributed by atoms with Crippen molar-refractivity contribution in [2.75, 3.05) is 7.11 Å². The molecule has 0 heterocycles. The maximum Gasteiger partial charge on any atom is 0.333 e. The van der Waals surface area contributed by atoms with Crippen LogP contribution in [0.4, 0.5) is 4.79 Å². The summed E-state index contributed by atoms with van der Waals surface area (Å²) >= 11 is 0. The molecule has 144 valence electrons.